The van der Waals surface area contributed by atoms with Crippen LogP contribution in [0.1, 0.15) is 74.7 Å². The summed E-state index contributed by atoms with van der Waals surface area (Å²) in [6.45, 7) is 2.97. The molecule has 10 heteroatoms. The number of nitrogens with zero attached hydrogens (tertiary/aromatic N) is 5. The lowest BCUT2D eigenvalue weighted by Crippen LogP contribution is -3.00. The van der Waals surface area contributed by atoms with E-state index in [2.05, 4.69) is 25.1 Å². The molecule has 0 atom stereocenters. The molecule has 0 saturated carbocycles. The van der Waals surface area contributed by atoms with Gasteiger partial charge in [-0.25, -0.2) is 14.6 Å². The van der Waals surface area contributed by atoms with Crippen LogP contribution < -0.4 is 38.7 Å². The summed E-state index contributed by atoms with van der Waals surface area (Å²) in [5.74, 6) is 0.0489. The van der Waals surface area contributed by atoms with E-state index >= 15 is 0 Å². The lowest BCUT2D eigenvalue weighted by atomic mass is 10.1. The Kier molecular flexibility index (Phi) is 19.8. The number of halogens is 2. The van der Waals surface area contributed by atoms with E-state index in [4.69, 9.17) is 10.00 Å². The van der Waals surface area contributed by atoms with E-state index in [1.807, 2.05) is 14.1 Å². The first-order valence-corrected chi connectivity index (χ1v) is 12.9. The van der Waals surface area contributed by atoms with E-state index in [0.717, 1.165) is 36.8 Å². The zero-order valence-corrected chi connectivity index (χ0v) is 26.8. The molecular formula is C27H47Br2N5O3. The van der Waals surface area contributed by atoms with E-state index in [0.29, 0.717) is 6.42 Å². The number of nitriles is 1. The van der Waals surface area contributed by atoms with E-state index in [1.165, 1.54) is 50.0 Å². The molecule has 0 fully saturated rings. The molecular weight excluding hydrogens is 602 g/mol. The van der Waals surface area contributed by atoms with E-state index in [-0.39, 0.29) is 55.8 Å². The second-order valence-electron chi connectivity index (χ2n) is 10.8. The Morgan fingerprint density at radius 3 is 1.95 bits per heavy atom. The predicted octanol–water partition coefficient (Wildman–Crippen LogP) is -1.13. The molecule has 0 aromatic carbocycles. The molecule has 8 nitrogen and oxygen atoms in total. The first-order chi connectivity index (χ1) is 16.5. The third kappa shape index (κ3) is 15.5. The van der Waals surface area contributed by atoms with Crippen molar-refractivity contribution in [1.29, 1.82) is 5.26 Å². The van der Waals surface area contributed by atoms with Gasteiger partial charge in [-0.2, -0.15) is 5.26 Å². The van der Waals surface area contributed by atoms with Gasteiger partial charge in [0.2, 0.25) is 5.69 Å². The smallest absolute Gasteiger partial charge is 0.414 e. The van der Waals surface area contributed by atoms with Gasteiger partial charge in [-0.1, -0.05) is 25.7 Å². The number of hydrogen-bond donors (Lipinski definition) is 0. The Hall–Kier alpha value is -1.54. The third-order valence-corrected chi connectivity index (χ3v) is 6.37. The maximum Gasteiger partial charge on any atom is 0.414 e. The van der Waals surface area contributed by atoms with Gasteiger partial charge >= 0.3 is 12.0 Å². The normalized spacial score (nSPS) is 11.1. The Balaban J connectivity index is 0. The fourth-order valence-corrected chi connectivity index (χ4v) is 4.01. The van der Waals surface area contributed by atoms with Gasteiger partial charge in [-0.15, -0.1) is 0 Å². The van der Waals surface area contributed by atoms with Crippen LogP contribution in [-0.2, 0) is 0 Å². The van der Waals surface area contributed by atoms with Gasteiger partial charge in [-0.3, -0.25) is 4.48 Å². The molecule has 0 spiro atoms. The molecule has 0 aliphatic carbocycles. The Labute approximate surface area is 245 Å². The number of aromatic nitrogens is 1. The van der Waals surface area contributed by atoms with Crippen LogP contribution in [0.5, 0.6) is 5.75 Å². The maximum absolute atomic E-state index is 13.1. The zero-order chi connectivity index (χ0) is 26.3. The molecule has 1 aromatic heterocycles. The number of amides is 2. The minimum atomic E-state index is -0.532. The highest BCUT2D eigenvalue weighted by molar-refractivity contribution is 5.90. The molecule has 37 heavy (non-hydrogen) atoms. The van der Waals surface area contributed by atoms with Crippen molar-refractivity contribution in [3.8, 4) is 11.8 Å². The van der Waals surface area contributed by atoms with Gasteiger partial charge in [0.15, 0.2) is 5.75 Å². The molecule has 0 N–H and O–H groups in total. The highest BCUT2D eigenvalue weighted by Gasteiger charge is 2.32. The SMILES string of the molecule is CN(C)C(=O)Oc1cccnc1C(=O)[N+](C)(C)CCCCCCCCCC[N+](C)(C)CCCC#N.[Br-].[Br-]. The van der Waals surface area contributed by atoms with Crippen molar-refractivity contribution in [3.05, 3.63) is 24.0 Å². The standard InChI is InChI=1S/C27H47N5O3.2BrH/c1-30(2)27(34)35-24-18-17-20-29-25(24)26(33)32(5,6)23-15-12-10-8-7-9-11-14-21-31(3,4)22-16-13-19-28;;/h17-18,20H,7-16,21-23H2,1-6H3;2*1H/q+2;;/p-2. The second kappa shape index (κ2) is 19.5. The van der Waals surface area contributed by atoms with Crippen LogP contribution >= 0.6 is 0 Å². The summed E-state index contributed by atoms with van der Waals surface area (Å²) in [5.41, 5.74) is 0.194. The van der Waals surface area contributed by atoms with Gasteiger partial charge in [0.05, 0.1) is 53.9 Å². The van der Waals surface area contributed by atoms with Crippen LogP contribution in [0.25, 0.3) is 0 Å². The molecule has 0 radical (unpaired) electrons. The summed E-state index contributed by atoms with van der Waals surface area (Å²) >= 11 is 0. The number of carbonyl (C=O) groups excluding carboxylic acids is 2. The molecule has 1 rings (SSSR count). The second-order valence-corrected chi connectivity index (χ2v) is 10.8. The fraction of sp³-hybridized carbons (Fsp3) is 0.704. The van der Waals surface area contributed by atoms with Crippen molar-refractivity contribution in [2.24, 2.45) is 0 Å². The van der Waals surface area contributed by atoms with Gasteiger partial charge in [-0.05, 0) is 37.8 Å². The number of rotatable bonds is 16. The zero-order valence-electron chi connectivity index (χ0n) is 23.6. The van der Waals surface area contributed by atoms with Gasteiger partial charge < -0.3 is 48.1 Å². The summed E-state index contributed by atoms with van der Waals surface area (Å²) in [4.78, 5) is 30.6. The molecule has 0 bridgehead atoms. The highest BCUT2D eigenvalue weighted by Crippen LogP contribution is 2.21. The van der Waals surface area contributed by atoms with E-state index in [1.54, 1.807) is 32.4 Å². The summed E-state index contributed by atoms with van der Waals surface area (Å²) in [6, 6.07) is 5.50. The number of hydrogen-bond acceptors (Lipinski definition) is 5. The van der Waals surface area contributed by atoms with Gasteiger partial charge in [0, 0.05) is 33.1 Å². The average Bonchev–Trinajstić information content (AvgIpc) is 2.80. The average molecular weight is 650 g/mol. The molecule has 212 valence electrons. The van der Waals surface area contributed by atoms with Crippen LogP contribution in [0, 0.1) is 11.3 Å². The van der Waals surface area contributed by atoms with E-state index < -0.39 is 6.09 Å². The number of pyridine rings is 1. The minimum absolute atomic E-state index is 0. The molecule has 2 amide bonds. The lowest BCUT2D eigenvalue weighted by molar-refractivity contribution is -0.890. The number of carbonyl (C=O) groups is 2. The van der Waals surface area contributed by atoms with Crippen molar-refractivity contribution < 1.29 is 57.3 Å². The van der Waals surface area contributed by atoms with Crippen molar-refractivity contribution in [1.82, 2.24) is 9.88 Å². The molecule has 0 unspecified atom stereocenters. The van der Waals surface area contributed by atoms with E-state index in [9.17, 15) is 9.59 Å². The van der Waals surface area contributed by atoms with Crippen LogP contribution in [0.15, 0.2) is 18.3 Å². The summed E-state index contributed by atoms with van der Waals surface area (Å²) in [6.07, 6.45) is 12.2. The van der Waals surface area contributed by atoms with Crippen LogP contribution in [0.2, 0.25) is 0 Å². The largest absolute Gasteiger partial charge is 1.00 e. The number of quaternary nitrogens is 2. The van der Waals surface area contributed by atoms with Crippen molar-refractivity contribution in [3.63, 3.8) is 0 Å². The Morgan fingerprint density at radius 2 is 1.41 bits per heavy atom. The fourth-order valence-electron chi connectivity index (χ4n) is 4.01. The lowest BCUT2D eigenvalue weighted by Gasteiger charge is -2.29. The quantitative estimate of drug-likeness (QED) is 0.167. The summed E-state index contributed by atoms with van der Waals surface area (Å²) in [7, 11) is 11.5. The topological polar surface area (TPSA) is 83.3 Å². The van der Waals surface area contributed by atoms with Crippen LogP contribution in [0.3, 0.4) is 0 Å². The molecule has 0 aliphatic rings. The minimum Gasteiger partial charge on any atom is -1.00 e. The van der Waals surface area contributed by atoms with Crippen LogP contribution in [-0.4, -0.2) is 92.8 Å². The first kappa shape index (κ1) is 37.6. The summed E-state index contributed by atoms with van der Waals surface area (Å²) < 4.78 is 6.52. The number of ether oxygens (including phenoxy) is 1. The van der Waals surface area contributed by atoms with Gasteiger partial charge in [0.25, 0.3) is 0 Å². The predicted molar refractivity (Wildman–Crippen MR) is 139 cm³/mol. The monoisotopic (exact) mass is 647 g/mol. The number of unbranched alkanes of at least 4 members (excludes halogenated alkanes) is 8. The highest BCUT2D eigenvalue weighted by atomic mass is 79.9. The van der Waals surface area contributed by atoms with Crippen molar-refractivity contribution in [2.75, 3.05) is 61.9 Å². The maximum atomic E-state index is 13.1. The van der Waals surface area contributed by atoms with Crippen molar-refractivity contribution in [2.45, 2.75) is 64.2 Å². The van der Waals surface area contributed by atoms with Crippen molar-refractivity contribution >= 4 is 12.0 Å². The molecule has 0 saturated heterocycles. The third-order valence-electron chi connectivity index (χ3n) is 6.37. The molecule has 0 aliphatic heterocycles. The first-order valence-electron chi connectivity index (χ1n) is 12.9. The molecule has 1 aromatic rings. The van der Waals surface area contributed by atoms with Crippen LogP contribution in [0.4, 0.5) is 4.79 Å². The Morgan fingerprint density at radius 1 is 0.892 bits per heavy atom. The van der Waals surface area contributed by atoms with Gasteiger partial charge in [0.1, 0.15) is 0 Å². The molecule has 1 heterocycles. The summed E-state index contributed by atoms with van der Waals surface area (Å²) in [5, 5.41) is 8.68. The Bertz CT molecular complexity index is 842.